The van der Waals surface area contributed by atoms with E-state index in [-0.39, 0.29) is 17.7 Å². The van der Waals surface area contributed by atoms with Crippen LogP contribution in [-0.2, 0) is 11.2 Å². The van der Waals surface area contributed by atoms with Crippen molar-refractivity contribution in [1.29, 1.82) is 0 Å². The molecule has 0 amide bonds. The molecule has 0 saturated carbocycles. The van der Waals surface area contributed by atoms with Crippen LogP contribution in [0.2, 0.25) is 0 Å². The van der Waals surface area contributed by atoms with E-state index in [4.69, 9.17) is 10.2 Å². The number of aromatic nitrogens is 1. The lowest BCUT2D eigenvalue weighted by atomic mass is 10.2. The Kier molecular flexibility index (Phi) is 2.14. The van der Waals surface area contributed by atoms with Crippen LogP contribution >= 0.6 is 0 Å². The summed E-state index contributed by atoms with van der Waals surface area (Å²) in [7, 11) is 0. The number of aliphatic carboxylic acids is 1. The predicted octanol–water partition coefficient (Wildman–Crippen LogP) is 0.340. The monoisotopic (exact) mass is 169 g/mol. The molecule has 0 unspecified atom stereocenters. The number of carboxylic acids is 2. The highest BCUT2D eigenvalue weighted by Gasteiger charge is 2.12. The van der Waals surface area contributed by atoms with Crippen LogP contribution in [-0.4, -0.2) is 27.1 Å². The van der Waals surface area contributed by atoms with Gasteiger partial charge in [0, 0.05) is 11.9 Å². The summed E-state index contributed by atoms with van der Waals surface area (Å²) in [5.41, 5.74) is 0.229. The van der Waals surface area contributed by atoms with Gasteiger partial charge >= 0.3 is 11.9 Å². The molecule has 0 atom stereocenters. The third-order valence-electron chi connectivity index (χ3n) is 1.39. The standard InChI is InChI=1S/C7H7NO4/c9-6(10)3-5-4(7(11)12)1-2-8-5/h1-2,8H,3H2,(H,9,10)(H,11,12). The Hall–Kier alpha value is -1.78. The molecule has 5 nitrogen and oxygen atoms in total. The molecule has 0 saturated heterocycles. The van der Waals surface area contributed by atoms with Gasteiger partial charge in [0.25, 0.3) is 0 Å². The topological polar surface area (TPSA) is 90.4 Å². The lowest BCUT2D eigenvalue weighted by Gasteiger charge is -1.94. The molecule has 0 spiro atoms. The molecule has 0 bridgehead atoms. The fraction of sp³-hybridized carbons (Fsp3) is 0.143. The zero-order valence-corrected chi connectivity index (χ0v) is 6.07. The fourth-order valence-electron chi connectivity index (χ4n) is 0.902. The second-order valence-corrected chi connectivity index (χ2v) is 2.25. The summed E-state index contributed by atoms with van der Waals surface area (Å²) in [6, 6.07) is 1.33. The summed E-state index contributed by atoms with van der Waals surface area (Å²) in [6.07, 6.45) is 1.11. The number of H-pyrrole nitrogens is 1. The van der Waals surface area contributed by atoms with Crippen molar-refractivity contribution in [2.24, 2.45) is 0 Å². The molecule has 1 aromatic rings. The third-order valence-corrected chi connectivity index (χ3v) is 1.39. The largest absolute Gasteiger partial charge is 0.481 e. The average molecular weight is 169 g/mol. The van der Waals surface area contributed by atoms with E-state index in [9.17, 15) is 9.59 Å². The van der Waals surface area contributed by atoms with Crippen LogP contribution in [0, 0.1) is 0 Å². The van der Waals surface area contributed by atoms with Gasteiger partial charge in [-0.2, -0.15) is 0 Å². The van der Waals surface area contributed by atoms with E-state index in [1.54, 1.807) is 0 Å². The number of aromatic amines is 1. The number of hydrogen-bond donors (Lipinski definition) is 3. The molecule has 1 rings (SSSR count). The molecule has 0 aliphatic heterocycles. The highest BCUT2D eigenvalue weighted by molar-refractivity contribution is 5.90. The van der Waals surface area contributed by atoms with E-state index in [1.807, 2.05) is 0 Å². The zero-order chi connectivity index (χ0) is 9.14. The Bertz CT molecular complexity index is 315. The van der Waals surface area contributed by atoms with Crippen molar-refractivity contribution in [3.63, 3.8) is 0 Å². The molecule has 12 heavy (non-hydrogen) atoms. The van der Waals surface area contributed by atoms with Gasteiger partial charge < -0.3 is 15.2 Å². The highest BCUT2D eigenvalue weighted by atomic mass is 16.4. The Labute approximate surface area is 67.6 Å². The molecule has 1 heterocycles. The quantitative estimate of drug-likeness (QED) is 0.608. The molecule has 0 fully saturated rings. The van der Waals surface area contributed by atoms with Crippen LogP contribution in [0.25, 0.3) is 0 Å². The van der Waals surface area contributed by atoms with Gasteiger partial charge in [-0.25, -0.2) is 4.79 Å². The van der Waals surface area contributed by atoms with E-state index >= 15 is 0 Å². The van der Waals surface area contributed by atoms with Gasteiger partial charge in [0.15, 0.2) is 0 Å². The Balaban J connectivity index is 2.91. The van der Waals surface area contributed by atoms with Crippen LogP contribution in [0.5, 0.6) is 0 Å². The van der Waals surface area contributed by atoms with Crippen molar-refractivity contribution >= 4 is 11.9 Å². The first-order chi connectivity index (χ1) is 5.61. The molecule has 3 N–H and O–H groups in total. The van der Waals surface area contributed by atoms with Gasteiger partial charge in [0.05, 0.1) is 12.0 Å². The Morgan fingerprint density at radius 1 is 1.42 bits per heavy atom. The van der Waals surface area contributed by atoms with Crippen molar-refractivity contribution in [2.75, 3.05) is 0 Å². The highest BCUT2D eigenvalue weighted by Crippen LogP contribution is 2.06. The number of rotatable bonds is 3. The molecule has 64 valence electrons. The maximum Gasteiger partial charge on any atom is 0.337 e. The number of carboxylic acid groups (broad SMARTS) is 2. The molecule has 5 heteroatoms. The van der Waals surface area contributed by atoms with Gasteiger partial charge in [0.2, 0.25) is 0 Å². The molecule has 1 aromatic heterocycles. The molecular weight excluding hydrogens is 162 g/mol. The summed E-state index contributed by atoms with van der Waals surface area (Å²) in [5.74, 6) is -2.17. The van der Waals surface area contributed by atoms with Crippen molar-refractivity contribution in [3.8, 4) is 0 Å². The molecule has 0 aromatic carbocycles. The SMILES string of the molecule is O=C(O)Cc1[nH]ccc1C(=O)O. The number of hydrogen-bond acceptors (Lipinski definition) is 2. The van der Waals surface area contributed by atoms with Gasteiger partial charge in [0.1, 0.15) is 0 Å². The summed E-state index contributed by atoms with van der Waals surface area (Å²) >= 11 is 0. The minimum atomic E-state index is -1.12. The van der Waals surface area contributed by atoms with Crippen molar-refractivity contribution in [3.05, 3.63) is 23.5 Å². The molecule has 0 aliphatic carbocycles. The lowest BCUT2D eigenvalue weighted by Crippen LogP contribution is -2.06. The predicted molar refractivity (Wildman–Crippen MR) is 39.1 cm³/mol. The van der Waals surface area contributed by atoms with E-state index < -0.39 is 11.9 Å². The molecular formula is C7H7NO4. The molecule has 0 aliphatic rings. The Morgan fingerprint density at radius 2 is 2.08 bits per heavy atom. The van der Waals surface area contributed by atoms with Crippen molar-refractivity contribution in [1.82, 2.24) is 4.98 Å². The average Bonchev–Trinajstić information content (AvgIpc) is 2.33. The first-order valence-electron chi connectivity index (χ1n) is 3.22. The van der Waals surface area contributed by atoms with Gasteiger partial charge in [-0.1, -0.05) is 0 Å². The number of nitrogens with one attached hydrogen (secondary N) is 1. The Morgan fingerprint density at radius 3 is 2.58 bits per heavy atom. The summed E-state index contributed by atoms with van der Waals surface area (Å²) in [4.78, 5) is 23.2. The van der Waals surface area contributed by atoms with Crippen LogP contribution < -0.4 is 0 Å². The number of aromatic carboxylic acids is 1. The fourth-order valence-corrected chi connectivity index (χ4v) is 0.902. The summed E-state index contributed by atoms with van der Waals surface area (Å²) in [5, 5.41) is 16.9. The second kappa shape index (κ2) is 3.08. The minimum absolute atomic E-state index is 0.0115. The maximum atomic E-state index is 10.5. The summed E-state index contributed by atoms with van der Waals surface area (Å²) < 4.78 is 0. The molecule has 0 radical (unpaired) electrons. The van der Waals surface area contributed by atoms with E-state index in [0.29, 0.717) is 0 Å². The van der Waals surface area contributed by atoms with Crippen LogP contribution in [0.1, 0.15) is 16.1 Å². The van der Waals surface area contributed by atoms with Crippen LogP contribution in [0.4, 0.5) is 0 Å². The normalized spacial score (nSPS) is 9.67. The van der Waals surface area contributed by atoms with Crippen LogP contribution in [0.3, 0.4) is 0 Å². The van der Waals surface area contributed by atoms with Crippen molar-refractivity contribution < 1.29 is 19.8 Å². The van der Waals surface area contributed by atoms with E-state index in [2.05, 4.69) is 4.98 Å². The minimum Gasteiger partial charge on any atom is -0.481 e. The zero-order valence-electron chi connectivity index (χ0n) is 6.07. The van der Waals surface area contributed by atoms with E-state index in [0.717, 1.165) is 0 Å². The third kappa shape index (κ3) is 1.63. The van der Waals surface area contributed by atoms with E-state index in [1.165, 1.54) is 12.3 Å². The van der Waals surface area contributed by atoms with Crippen LogP contribution in [0.15, 0.2) is 12.3 Å². The second-order valence-electron chi connectivity index (χ2n) is 2.25. The van der Waals surface area contributed by atoms with Gasteiger partial charge in [-0.3, -0.25) is 4.79 Å². The van der Waals surface area contributed by atoms with Gasteiger partial charge in [-0.05, 0) is 6.07 Å². The smallest absolute Gasteiger partial charge is 0.337 e. The summed E-state index contributed by atoms with van der Waals surface area (Å²) in [6.45, 7) is 0. The first-order valence-corrected chi connectivity index (χ1v) is 3.22. The number of carbonyl (C=O) groups is 2. The lowest BCUT2D eigenvalue weighted by molar-refractivity contribution is -0.136. The van der Waals surface area contributed by atoms with Gasteiger partial charge in [-0.15, -0.1) is 0 Å². The first kappa shape index (κ1) is 8.32. The van der Waals surface area contributed by atoms with Crippen molar-refractivity contribution in [2.45, 2.75) is 6.42 Å². The maximum absolute atomic E-state index is 10.5.